The zero-order valence-corrected chi connectivity index (χ0v) is 11.2. The van der Waals surface area contributed by atoms with Gasteiger partial charge in [0.1, 0.15) is 0 Å². The first-order valence-electron chi connectivity index (χ1n) is 5.47. The zero-order valence-electron chi connectivity index (χ0n) is 10.2. The van der Waals surface area contributed by atoms with Gasteiger partial charge in [-0.3, -0.25) is 0 Å². The summed E-state index contributed by atoms with van der Waals surface area (Å²) in [6, 6.07) is 1.30. The summed E-state index contributed by atoms with van der Waals surface area (Å²) in [7, 11) is -1.38. The van der Waals surface area contributed by atoms with E-state index in [2.05, 4.69) is 40.8 Å². The van der Waals surface area contributed by atoms with Gasteiger partial charge in [-0.25, -0.2) is 0 Å². The van der Waals surface area contributed by atoms with E-state index in [4.69, 9.17) is 4.43 Å². The van der Waals surface area contributed by atoms with Gasteiger partial charge in [-0.2, -0.15) is 0 Å². The Hall–Kier alpha value is 0.177. The molecule has 0 radical (unpaired) electrons. The number of rotatable bonds is 5. The molecule has 80 valence electrons. The molecule has 0 aliphatic rings. The van der Waals surface area contributed by atoms with E-state index in [1.807, 2.05) is 0 Å². The minimum absolute atomic E-state index is 0.0436. The predicted octanol–water partition coefficient (Wildman–Crippen LogP) is 4.20. The van der Waals surface area contributed by atoms with Crippen molar-refractivity contribution in [3.05, 3.63) is 0 Å². The van der Waals surface area contributed by atoms with Crippen LogP contribution in [0.3, 0.4) is 0 Å². The molecule has 0 aromatic heterocycles. The lowest BCUT2D eigenvalue weighted by Gasteiger charge is -2.32. The highest BCUT2D eigenvalue weighted by Gasteiger charge is 2.27. The van der Waals surface area contributed by atoms with E-state index in [9.17, 15) is 0 Å². The summed E-state index contributed by atoms with van der Waals surface area (Å²) >= 11 is 0. The van der Waals surface area contributed by atoms with Gasteiger partial charge in [0.2, 0.25) is 0 Å². The molecule has 0 saturated heterocycles. The smallest absolute Gasteiger partial charge is 0.187 e. The van der Waals surface area contributed by atoms with Gasteiger partial charge in [0.15, 0.2) is 8.32 Å². The summed E-state index contributed by atoms with van der Waals surface area (Å²) in [4.78, 5) is 0. The van der Waals surface area contributed by atoms with E-state index in [0.717, 1.165) is 0 Å². The summed E-state index contributed by atoms with van der Waals surface area (Å²) < 4.78 is 6.11. The van der Waals surface area contributed by atoms with Crippen molar-refractivity contribution in [3.8, 4) is 0 Å². The first kappa shape index (κ1) is 13.2. The fourth-order valence-corrected chi connectivity index (χ4v) is 4.54. The van der Waals surface area contributed by atoms with Crippen LogP contribution in [0.4, 0.5) is 0 Å². The van der Waals surface area contributed by atoms with Gasteiger partial charge in [-0.15, -0.1) is 0 Å². The van der Waals surface area contributed by atoms with Crippen molar-refractivity contribution in [2.45, 2.75) is 71.7 Å². The van der Waals surface area contributed by atoms with E-state index in [0.29, 0.717) is 0 Å². The second kappa shape index (κ2) is 5.16. The second-order valence-electron chi connectivity index (χ2n) is 5.43. The number of unbranched alkanes of at least 4 members (excludes halogenated alkanes) is 2. The molecule has 0 bridgehead atoms. The van der Waals surface area contributed by atoms with Crippen molar-refractivity contribution in [1.82, 2.24) is 0 Å². The third-order valence-corrected chi connectivity index (χ3v) is 4.69. The van der Waals surface area contributed by atoms with Gasteiger partial charge in [-0.1, -0.05) is 26.2 Å². The van der Waals surface area contributed by atoms with Crippen molar-refractivity contribution in [2.24, 2.45) is 0 Å². The maximum atomic E-state index is 6.11. The maximum absolute atomic E-state index is 6.11. The molecule has 2 heteroatoms. The average molecular weight is 202 g/mol. The molecule has 0 amide bonds. The van der Waals surface area contributed by atoms with Crippen LogP contribution in [-0.4, -0.2) is 13.9 Å². The van der Waals surface area contributed by atoms with Crippen molar-refractivity contribution in [2.75, 3.05) is 0 Å². The molecule has 0 atom stereocenters. The second-order valence-corrected chi connectivity index (χ2v) is 9.65. The summed E-state index contributed by atoms with van der Waals surface area (Å²) in [6.45, 7) is 13.4. The van der Waals surface area contributed by atoms with Crippen LogP contribution < -0.4 is 0 Å². The first-order valence-corrected chi connectivity index (χ1v) is 8.58. The normalized spacial score (nSPS) is 13.4. The summed E-state index contributed by atoms with van der Waals surface area (Å²) in [5.41, 5.74) is 0.0436. The van der Waals surface area contributed by atoms with E-state index in [1.165, 1.54) is 25.3 Å². The van der Waals surface area contributed by atoms with Crippen LogP contribution >= 0.6 is 0 Å². The minimum atomic E-state index is -1.38. The molecule has 0 aromatic carbocycles. The topological polar surface area (TPSA) is 9.23 Å². The minimum Gasteiger partial charge on any atom is -0.413 e. The van der Waals surface area contributed by atoms with E-state index >= 15 is 0 Å². The standard InChI is InChI=1S/C11H26OSi/c1-7-8-9-10-13(5,6)12-11(2,3)4/h7-10H2,1-6H3. The molecule has 1 nitrogen and oxygen atoms in total. The Balaban J connectivity index is 3.80. The fraction of sp³-hybridized carbons (Fsp3) is 1.00. The van der Waals surface area contributed by atoms with Crippen LogP contribution in [0.15, 0.2) is 0 Å². The van der Waals surface area contributed by atoms with Crippen LogP contribution in [0.2, 0.25) is 19.1 Å². The molecule has 0 spiro atoms. The van der Waals surface area contributed by atoms with Gasteiger partial charge >= 0.3 is 0 Å². The Kier molecular flexibility index (Phi) is 5.23. The van der Waals surface area contributed by atoms with Gasteiger partial charge in [0.25, 0.3) is 0 Å². The molecule has 0 aliphatic heterocycles. The molecule has 0 N–H and O–H groups in total. The lowest BCUT2D eigenvalue weighted by atomic mass is 10.2. The molecular weight excluding hydrogens is 176 g/mol. The van der Waals surface area contributed by atoms with Crippen LogP contribution in [0.1, 0.15) is 47.0 Å². The van der Waals surface area contributed by atoms with Gasteiger partial charge in [0.05, 0.1) is 0 Å². The number of hydrogen-bond donors (Lipinski definition) is 0. The van der Waals surface area contributed by atoms with Crippen molar-refractivity contribution < 1.29 is 4.43 Å². The Morgan fingerprint density at radius 2 is 1.62 bits per heavy atom. The van der Waals surface area contributed by atoms with E-state index < -0.39 is 8.32 Å². The lowest BCUT2D eigenvalue weighted by Crippen LogP contribution is -2.38. The van der Waals surface area contributed by atoms with Crippen molar-refractivity contribution >= 4 is 8.32 Å². The van der Waals surface area contributed by atoms with Gasteiger partial charge < -0.3 is 4.43 Å². The molecule has 0 saturated carbocycles. The molecule has 0 aliphatic carbocycles. The van der Waals surface area contributed by atoms with Crippen LogP contribution in [0.5, 0.6) is 0 Å². The molecule has 13 heavy (non-hydrogen) atoms. The fourth-order valence-electron chi connectivity index (χ4n) is 1.68. The van der Waals surface area contributed by atoms with Gasteiger partial charge in [-0.05, 0) is 39.9 Å². The third-order valence-electron chi connectivity index (χ3n) is 1.96. The maximum Gasteiger partial charge on any atom is 0.187 e. The number of hydrogen-bond acceptors (Lipinski definition) is 1. The first-order chi connectivity index (χ1) is 5.77. The molecule has 0 aromatic rings. The molecule has 0 rings (SSSR count). The highest BCUT2D eigenvalue weighted by Crippen LogP contribution is 2.22. The summed E-state index contributed by atoms with van der Waals surface area (Å²) in [6.07, 6.45) is 4.00. The third kappa shape index (κ3) is 8.51. The highest BCUT2D eigenvalue weighted by atomic mass is 28.4. The molecule has 0 unspecified atom stereocenters. The molecule has 0 fully saturated rings. The monoisotopic (exact) mass is 202 g/mol. The SMILES string of the molecule is CCCCC[Si](C)(C)OC(C)(C)C. The Labute approximate surface area is 85.0 Å². The summed E-state index contributed by atoms with van der Waals surface area (Å²) in [5, 5.41) is 0. The molecule has 0 heterocycles. The average Bonchev–Trinajstić information content (AvgIpc) is 1.81. The van der Waals surface area contributed by atoms with E-state index in [-0.39, 0.29) is 5.60 Å². The Morgan fingerprint density at radius 3 is 2.00 bits per heavy atom. The van der Waals surface area contributed by atoms with Crippen molar-refractivity contribution in [3.63, 3.8) is 0 Å². The van der Waals surface area contributed by atoms with E-state index in [1.54, 1.807) is 0 Å². The Morgan fingerprint density at radius 1 is 1.08 bits per heavy atom. The largest absolute Gasteiger partial charge is 0.413 e. The zero-order chi connectivity index (χ0) is 10.5. The summed E-state index contributed by atoms with van der Waals surface area (Å²) in [5.74, 6) is 0. The predicted molar refractivity (Wildman–Crippen MR) is 62.7 cm³/mol. The van der Waals surface area contributed by atoms with Gasteiger partial charge in [0, 0.05) is 5.60 Å². The highest BCUT2D eigenvalue weighted by molar-refractivity contribution is 6.71. The Bertz CT molecular complexity index is 136. The van der Waals surface area contributed by atoms with Crippen LogP contribution in [0, 0.1) is 0 Å². The molecular formula is C11H26OSi. The van der Waals surface area contributed by atoms with Crippen LogP contribution in [-0.2, 0) is 4.43 Å². The van der Waals surface area contributed by atoms with Crippen LogP contribution in [0.25, 0.3) is 0 Å². The van der Waals surface area contributed by atoms with Crippen molar-refractivity contribution in [1.29, 1.82) is 0 Å². The lowest BCUT2D eigenvalue weighted by molar-refractivity contribution is 0.120. The quantitative estimate of drug-likeness (QED) is 0.479.